The van der Waals surface area contributed by atoms with Crippen molar-refractivity contribution in [1.82, 2.24) is 19.2 Å². The molecule has 2 amide bonds. The number of anilines is 1. The van der Waals surface area contributed by atoms with Gasteiger partial charge >= 0.3 is 11.8 Å². The van der Waals surface area contributed by atoms with Gasteiger partial charge in [0.1, 0.15) is 11.5 Å². The number of halogens is 1. The number of hydrogen-bond donors (Lipinski definition) is 1. The van der Waals surface area contributed by atoms with Gasteiger partial charge in [-0.15, -0.1) is 5.10 Å². The van der Waals surface area contributed by atoms with E-state index in [1.807, 2.05) is 18.2 Å². The summed E-state index contributed by atoms with van der Waals surface area (Å²) in [6, 6.07) is 14.9. The summed E-state index contributed by atoms with van der Waals surface area (Å²) in [4.78, 5) is 26.6. The van der Waals surface area contributed by atoms with Gasteiger partial charge < -0.3 is 9.32 Å². The summed E-state index contributed by atoms with van der Waals surface area (Å²) >= 11 is 0. The highest BCUT2D eigenvalue weighted by atomic mass is 19.1. The number of nitrogens with zero attached hydrogens (tertiary/aromatic N) is 4. The van der Waals surface area contributed by atoms with Gasteiger partial charge in [-0.05, 0) is 37.1 Å². The van der Waals surface area contributed by atoms with Crippen molar-refractivity contribution >= 4 is 22.9 Å². The monoisotopic (exact) mass is 421 g/mol. The first-order valence-corrected chi connectivity index (χ1v) is 10.1. The predicted octanol–water partition coefficient (Wildman–Crippen LogP) is 3.79. The average Bonchev–Trinajstić information content (AvgIpc) is 3.37. The maximum absolute atomic E-state index is 13.9. The smallest absolute Gasteiger partial charge is 0.408 e. The molecule has 0 unspecified atom stereocenters. The minimum atomic E-state index is -0.396. The minimum absolute atomic E-state index is 0.0273. The molecule has 0 saturated carbocycles. The summed E-state index contributed by atoms with van der Waals surface area (Å²) in [5.74, 6) is -0.428. The number of piperidine rings is 1. The van der Waals surface area contributed by atoms with Gasteiger partial charge in [0.05, 0.1) is 5.52 Å². The summed E-state index contributed by atoms with van der Waals surface area (Å²) in [5, 5.41) is 7.00. The van der Waals surface area contributed by atoms with Crippen LogP contribution in [0.1, 0.15) is 18.9 Å². The number of amides is 2. The lowest BCUT2D eigenvalue weighted by atomic mass is 10.0. The first-order valence-electron chi connectivity index (χ1n) is 10.1. The Morgan fingerprint density at radius 2 is 1.81 bits per heavy atom. The summed E-state index contributed by atoms with van der Waals surface area (Å²) < 4.78 is 22.3. The number of carbonyl (C=O) groups excluding carboxylic acids is 1. The zero-order valence-electron chi connectivity index (χ0n) is 16.6. The highest BCUT2D eigenvalue weighted by molar-refractivity contribution is 5.88. The maximum Gasteiger partial charge on any atom is 0.420 e. The van der Waals surface area contributed by atoms with Crippen LogP contribution in [-0.2, 0) is 0 Å². The third-order valence-corrected chi connectivity index (χ3v) is 5.56. The molecule has 1 saturated heterocycles. The number of carbonyl (C=O) groups is 1. The number of likely N-dealkylation sites (tertiary alicyclic amines) is 1. The lowest BCUT2D eigenvalue weighted by Gasteiger charge is -2.32. The maximum atomic E-state index is 13.9. The third kappa shape index (κ3) is 3.58. The van der Waals surface area contributed by atoms with E-state index in [-0.39, 0.29) is 17.8 Å². The minimum Gasteiger partial charge on any atom is -0.408 e. The molecule has 2 aromatic carbocycles. The van der Waals surface area contributed by atoms with Crippen molar-refractivity contribution < 1.29 is 13.6 Å². The summed E-state index contributed by atoms with van der Waals surface area (Å²) in [7, 11) is 0. The van der Waals surface area contributed by atoms with E-state index >= 15 is 0 Å². The highest BCUT2D eigenvalue weighted by Gasteiger charge is 2.27. The molecular weight excluding hydrogens is 401 g/mol. The molecule has 8 nitrogen and oxygen atoms in total. The Bertz CT molecular complexity index is 1300. The van der Waals surface area contributed by atoms with E-state index in [2.05, 4.69) is 10.4 Å². The number of oxazole rings is 1. The molecule has 0 atom stereocenters. The van der Waals surface area contributed by atoms with Gasteiger partial charge in [0.2, 0.25) is 0 Å². The molecule has 9 heteroatoms. The first-order chi connectivity index (χ1) is 15.1. The number of urea groups is 1. The number of benzene rings is 2. The van der Waals surface area contributed by atoms with Crippen molar-refractivity contribution in [2.45, 2.75) is 18.9 Å². The van der Waals surface area contributed by atoms with Crippen LogP contribution in [0.25, 0.3) is 16.8 Å². The molecule has 1 fully saturated rings. The van der Waals surface area contributed by atoms with E-state index in [0.717, 1.165) is 5.52 Å². The van der Waals surface area contributed by atoms with Gasteiger partial charge in [-0.2, -0.15) is 0 Å². The van der Waals surface area contributed by atoms with Crippen LogP contribution in [-0.4, -0.2) is 38.4 Å². The van der Waals surface area contributed by atoms with Gasteiger partial charge in [-0.1, -0.05) is 24.3 Å². The topological polar surface area (TPSA) is 85.3 Å². The van der Waals surface area contributed by atoms with Crippen LogP contribution < -0.4 is 11.1 Å². The van der Waals surface area contributed by atoms with E-state index in [1.54, 1.807) is 46.0 Å². The van der Waals surface area contributed by atoms with Crippen LogP contribution in [0, 0.1) is 5.82 Å². The van der Waals surface area contributed by atoms with Crippen molar-refractivity contribution in [2.24, 2.45) is 0 Å². The predicted molar refractivity (Wildman–Crippen MR) is 113 cm³/mol. The molecule has 0 bridgehead atoms. The van der Waals surface area contributed by atoms with Crippen molar-refractivity contribution in [3.8, 4) is 5.69 Å². The molecule has 158 valence electrons. The normalized spacial score (nSPS) is 14.8. The number of rotatable bonds is 3. The Labute approximate surface area is 176 Å². The van der Waals surface area contributed by atoms with E-state index in [9.17, 15) is 14.0 Å². The Hall–Kier alpha value is -3.88. The second kappa shape index (κ2) is 7.75. The average molecular weight is 421 g/mol. The molecule has 0 spiro atoms. The fourth-order valence-corrected chi connectivity index (χ4v) is 4.01. The largest absolute Gasteiger partial charge is 0.420 e. The molecule has 1 aliphatic heterocycles. The van der Waals surface area contributed by atoms with Crippen molar-refractivity contribution in [1.29, 1.82) is 0 Å². The number of para-hydroxylation sites is 3. The lowest BCUT2D eigenvalue weighted by molar-refractivity contribution is 0.182. The van der Waals surface area contributed by atoms with Crippen molar-refractivity contribution in [2.75, 3.05) is 18.4 Å². The van der Waals surface area contributed by atoms with E-state index in [0.29, 0.717) is 43.0 Å². The van der Waals surface area contributed by atoms with Crippen molar-refractivity contribution in [3.63, 3.8) is 0 Å². The van der Waals surface area contributed by atoms with Gasteiger partial charge in [-0.3, -0.25) is 9.88 Å². The Kier molecular flexibility index (Phi) is 4.78. The molecule has 5 rings (SSSR count). The summed E-state index contributed by atoms with van der Waals surface area (Å²) in [6.45, 7) is 0.993. The van der Waals surface area contributed by atoms with E-state index in [1.165, 1.54) is 10.7 Å². The zero-order valence-corrected chi connectivity index (χ0v) is 16.6. The number of fused-ring (bicyclic) bond motifs is 1. The fraction of sp³-hybridized carbons (Fsp3) is 0.227. The summed E-state index contributed by atoms with van der Waals surface area (Å²) in [6.07, 6.45) is 2.87. The van der Waals surface area contributed by atoms with Gasteiger partial charge in [0.25, 0.3) is 0 Å². The quantitative estimate of drug-likeness (QED) is 0.545. The number of nitrogens with one attached hydrogen (secondary N) is 1. The van der Waals surface area contributed by atoms with Crippen LogP contribution >= 0.6 is 0 Å². The second-order valence-corrected chi connectivity index (χ2v) is 7.45. The number of hydrogen-bond acceptors (Lipinski definition) is 4. The van der Waals surface area contributed by atoms with Gasteiger partial charge in [-0.25, -0.2) is 18.7 Å². The second-order valence-electron chi connectivity index (χ2n) is 7.45. The third-order valence-electron chi connectivity index (χ3n) is 5.56. The summed E-state index contributed by atoms with van der Waals surface area (Å²) in [5.41, 5.74) is 1.65. The van der Waals surface area contributed by atoms with Crippen LogP contribution in [0.4, 0.5) is 15.0 Å². The molecule has 2 aromatic heterocycles. The van der Waals surface area contributed by atoms with Crippen LogP contribution in [0.15, 0.2) is 70.0 Å². The Morgan fingerprint density at radius 3 is 2.61 bits per heavy atom. The molecule has 1 aliphatic rings. The standard InChI is InChI=1S/C22H20FN5O3/c23-16-5-1-2-6-17(16)27-14-11-20(25-27)24-21(29)26-12-9-15(10-13-26)28-18-7-3-4-8-19(18)31-22(28)30/h1-8,11,14-15H,9-10,12-13H2,(H,24,25,29). The molecule has 3 heterocycles. The first kappa shape index (κ1) is 19.1. The molecule has 1 N–H and O–H groups in total. The van der Waals surface area contributed by atoms with Crippen molar-refractivity contribution in [3.05, 3.63) is 77.2 Å². The number of aromatic nitrogens is 3. The molecule has 0 radical (unpaired) electrons. The fourth-order valence-electron chi connectivity index (χ4n) is 4.01. The highest BCUT2D eigenvalue weighted by Crippen LogP contribution is 2.26. The molecule has 0 aliphatic carbocycles. The van der Waals surface area contributed by atoms with Crippen LogP contribution in [0.2, 0.25) is 0 Å². The zero-order chi connectivity index (χ0) is 21.4. The Balaban J connectivity index is 1.24. The van der Waals surface area contributed by atoms with Crippen LogP contribution in [0.5, 0.6) is 0 Å². The van der Waals surface area contributed by atoms with E-state index < -0.39 is 5.82 Å². The van der Waals surface area contributed by atoms with Gasteiger partial charge in [0, 0.05) is 31.4 Å². The molecular formula is C22H20FN5O3. The van der Waals surface area contributed by atoms with Gasteiger partial charge in [0.15, 0.2) is 11.4 Å². The van der Waals surface area contributed by atoms with E-state index in [4.69, 9.17) is 4.42 Å². The Morgan fingerprint density at radius 1 is 1.06 bits per heavy atom. The lowest BCUT2D eigenvalue weighted by Crippen LogP contribution is -2.42. The molecule has 4 aromatic rings. The van der Waals surface area contributed by atoms with Crippen LogP contribution in [0.3, 0.4) is 0 Å². The molecule has 31 heavy (non-hydrogen) atoms. The SMILES string of the molecule is O=C(Nc1ccn(-c2ccccc2F)n1)N1CCC(n2c(=O)oc3ccccc32)CC1.